The number of nitrogens with zero attached hydrogens (tertiary/aromatic N) is 2. The first-order valence-corrected chi connectivity index (χ1v) is 4.67. The lowest BCUT2D eigenvalue weighted by molar-refractivity contribution is 0.0600. The number of rotatable bonds is 1. The molecular formula is C11H10N2O3. The highest BCUT2D eigenvalue weighted by Crippen LogP contribution is 2.24. The van der Waals surface area contributed by atoms with Crippen molar-refractivity contribution in [3.8, 4) is 5.75 Å². The average molecular weight is 218 g/mol. The van der Waals surface area contributed by atoms with E-state index < -0.39 is 5.97 Å². The number of fused-ring (bicyclic) bond motifs is 1. The third-order valence-corrected chi connectivity index (χ3v) is 2.21. The highest BCUT2D eigenvalue weighted by molar-refractivity contribution is 5.96. The molecule has 82 valence electrons. The van der Waals surface area contributed by atoms with E-state index in [0.29, 0.717) is 22.2 Å². The Bertz CT molecular complexity index is 566. The number of hydrogen-bond acceptors (Lipinski definition) is 5. The Labute approximate surface area is 91.7 Å². The average Bonchev–Trinajstić information content (AvgIpc) is 2.27. The number of carbonyl (C=O) groups is 1. The van der Waals surface area contributed by atoms with Crippen LogP contribution in [0.1, 0.15) is 16.1 Å². The van der Waals surface area contributed by atoms with Crippen LogP contribution >= 0.6 is 0 Å². The van der Waals surface area contributed by atoms with Gasteiger partial charge in [-0.25, -0.2) is 4.79 Å². The molecule has 1 aromatic carbocycles. The summed E-state index contributed by atoms with van der Waals surface area (Å²) in [5.74, 6) is -0.572. The van der Waals surface area contributed by atoms with Crippen LogP contribution in [0.2, 0.25) is 0 Å². The minimum atomic E-state index is -0.494. The summed E-state index contributed by atoms with van der Waals surface area (Å²) in [6.07, 6.45) is 0. The van der Waals surface area contributed by atoms with Crippen LogP contribution in [0.15, 0.2) is 18.2 Å². The summed E-state index contributed by atoms with van der Waals surface area (Å²) in [6.45, 7) is 1.79. The van der Waals surface area contributed by atoms with Gasteiger partial charge in [-0.2, -0.15) is 5.10 Å². The Hall–Kier alpha value is -2.17. The van der Waals surface area contributed by atoms with E-state index in [-0.39, 0.29) is 5.75 Å². The van der Waals surface area contributed by atoms with Crippen molar-refractivity contribution in [2.24, 2.45) is 0 Å². The first kappa shape index (κ1) is 10.4. The number of methoxy groups -OCH3 is 1. The fourth-order valence-electron chi connectivity index (χ4n) is 1.48. The van der Waals surface area contributed by atoms with Gasteiger partial charge in [0.1, 0.15) is 11.3 Å². The molecule has 1 aromatic heterocycles. The predicted octanol–water partition coefficient (Wildman–Crippen LogP) is 1.43. The zero-order valence-corrected chi connectivity index (χ0v) is 8.89. The van der Waals surface area contributed by atoms with Crippen molar-refractivity contribution in [3.63, 3.8) is 0 Å². The number of benzene rings is 1. The van der Waals surface area contributed by atoms with E-state index in [1.165, 1.54) is 13.2 Å². The van der Waals surface area contributed by atoms with Crippen LogP contribution in [0.25, 0.3) is 10.9 Å². The normalized spacial score (nSPS) is 10.4. The van der Waals surface area contributed by atoms with Crippen molar-refractivity contribution in [2.45, 2.75) is 6.92 Å². The molecule has 0 amide bonds. The molecule has 16 heavy (non-hydrogen) atoms. The lowest BCUT2D eigenvalue weighted by atomic mass is 10.1. The van der Waals surface area contributed by atoms with Crippen LogP contribution < -0.4 is 0 Å². The van der Waals surface area contributed by atoms with E-state index in [1.54, 1.807) is 19.1 Å². The lowest BCUT2D eigenvalue weighted by Gasteiger charge is -2.04. The van der Waals surface area contributed by atoms with Gasteiger partial charge >= 0.3 is 5.97 Å². The number of ether oxygens (including phenoxy) is 1. The maximum Gasteiger partial charge on any atom is 0.338 e. The van der Waals surface area contributed by atoms with Crippen LogP contribution in [-0.2, 0) is 4.74 Å². The van der Waals surface area contributed by atoms with Crippen LogP contribution in [0.3, 0.4) is 0 Å². The summed E-state index contributed by atoms with van der Waals surface area (Å²) < 4.78 is 4.58. The van der Waals surface area contributed by atoms with Crippen molar-refractivity contribution in [1.29, 1.82) is 0 Å². The number of hydrogen-bond donors (Lipinski definition) is 1. The zero-order valence-electron chi connectivity index (χ0n) is 8.89. The highest BCUT2D eigenvalue weighted by atomic mass is 16.5. The second-order valence-corrected chi connectivity index (χ2v) is 3.41. The molecule has 0 saturated carbocycles. The van der Waals surface area contributed by atoms with Gasteiger partial charge in [0, 0.05) is 5.39 Å². The first-order valence-electron chi connectivity index (χ1n) is 4.67. The van der Waals surface area contributed by atoms with E-state index in [4.69, 9.17) is 0 Å². The molecule has 0 unspecified atom stereocenters. The van der Waals surface area contributed by atoms with Gasteiger partial charge in [-0.1, -0.05) is 0 Å². The molecule has 0 bridgehead atoms. The molecule has 2 rings (SSSR count). The molecule has 0 atom stereocenters. The van der Waals surface area contributed by atoms with Gasteiger partial charge in [0.25, 0.3) is 0 Å². The van der Waals surface area contributed by atoms with Gasteiger partial charge < -0.3 is 9.84 Å². The summed E-state index contributed by atoms with van der Waals surface area (Å²) in [6, 6.07) is 4.68. The molecule has 0 saturated heterocycles. The summed E-state index contributed by atoms with van der Waals surface area (Å²) >= 11 is 0. The second kappa shape index (κ2) is 3.77. The van der Waals surface area contributed by atoms with E-state index in [9.17, 15) is 9.90 Å². The number of esters is 1. The topological polar surface area (TPSA) is 72.3 Å². The molecule has 0 aliphatic heterocycles. The van der Waals surface area contributed by atoms with Gasteiger partial charge in [-0.05, 0) is 25.1 Å². The fourth-order valence-corrected chi connectivity index (χ4v) is 1.48. The highest BCUT2D eigenvalue weighted by Gasteiger charge is 2.11. The summed E-state index contributed by atoms with van der Waals surface area (Å²) in [5, 5.41) is 18.0. The maximum absolute atomic E-state index is 11.3. The van der Waals surface area contributed by atoms with Gasteiger partial charge in [0.15, 0.2) is 0 Å². The number of phenolic OH excluding ortho intramolecular Hbond substituents is 1. The van der Waals surface area contributed by atoms with E-state index in [0.717, 1.165) is 0 Å². The third kappa shape index (κ3) is 1.67. The fraction of sp³-hybridized carbons (Fsp3) is 0.182. The van der Waals surface area contributed by atoms with Gasteiger partial charge in [-0.3, -0.25) is 0 Å². The SMILES string of the molecule is COC(=O)c1cc(O)c2nnc(C)cc2c1. The van der Waals surface area contributed by atoms with Gasteiger partial charge in [-0.15, -0.1) is 5.10 Å². The molecule has 0 aliphatic carbocycles. The van der Waals surface area contributed by atoms with Crippen LogP contribution in [0, 0.1) is 6.92 Å². The molecule has 0 spiro atoms. The first-order chi connectivity index (χ1) is 7.61. The second-order valence-electron chi connectivity index (χ2n) is 3.41. The predicted molar refractivity (Wildman–Crippen MR) is 57.3 cm³/mol. The Kier molecular flexibility index (Phi) is 2.44. The molecule has 1 heterocycles. The molecule has 0 radical (unpaired) electrons. The zero-order chi connectivity index (χ0) is 11.7. The standard InChI is InChI=1S/C11H10N2O3/c1-6-3-7-4-8(11(15)16-2)5-9(14)10(7)13-12-6/h3-5,14H,1-2H3. The molecular weight excluding hydrogens is 208 g/mol. The number of aromatic nitrogens is 2. The third-order valence-electron chi connectivity index (χ3n) is 2.21. The van der Waals surface area contributed by atoms with Crippen LogP contribution in [0.4, 0.5) is 0 Å². The Morgan fingerprint density at radius 3 is 2.75 bits per heavy atom. The van der Waals surface area contributed by atoms with Crippen LogP contribution in [0.5, 0.6) is 5.75 Å². The number of carbonyl (C=O) groups excluding carboxylic acids is 1. The number of aromatic hydroxyl groups is 1. The van der Waals surface area contributed by atoms with E-state index >= 15 is 0 Å². The Morgan fingerprint density at radius 1 is 1.31 bits per heavy atom. The van der Waals surface area contributed by atoms with Crippen molar-refractivity contribution >= 4 is 16.9 Å². The van der Waals surface area contributed by atoms with Crippen LogP contribution in [-0.4, -0.2) is 28.4 Å². The largest absolute Gasteiger partial charge is 0.506 e. The smallest absolute Gasteiger partial charge is 0.338 e. The van der Waals surface area contributed by atoms with Crippen molar-refractivity contribution in [2.75, 3.05) is 7.11 Å². The number of aryl methyl sites for hydroxylation is 1. The lowest BCUT2D eigenvalue weighted by Crippen LogP contribution is -2.01. The Morgan fingerprint density at radius 2 is 2.06 bits per heavy atom. The summed E-state index contributed by atoms with van der Waals surface area (Å²) in [7, 11) is 1.29. The molecule has 2 aromatic rings. The Balaban J connectivity index is 2.69. The van der Waals surface area contributed by atoms with E-state index in [2.05, 4.69) is 14.9 Å². The van der Waals surface area contributed by atoms with Crippen molar-refractivity contribution in [1.82, 2.24) is 10.2 Å². The quantitative estimate of drug-likeness (QED) is 0.733. The minimum absolute atomic E-state index is 0.0783. The monoisotopic (exact) mass is 218 g/mol. The minimum Gasteiger partial charge on any atom is -0.506 e. The molecule has 0 aliphatic rings. The summed E-state index contributed by atoms with van der Waals surface area (Å²) in [5.41, 5.74) is 1.38. The van der Waals surface area contributed by atoms with Crippen molar-refractivity contribution < 1.29 is 14.6 Å². The van der Waals surface area contributed by atoms with Crippen molar-refractivity contribution in [3.05, 3.63) is 29.5 Å². The van der Waals surface area contributed by atoms with Gasteiger partial charge in [0.2, 0.25) is 0 Å². The molecule has 0 fully saturated rings. The molecule has 5 nitrogen and oxygen atoms in total. The maximum atomic E-state index is 11.3. The van der Waals surface area contributed by atoms with E-state index in [1.807, 2.05) is 0 Å². The molecule has 5 heteroatoms. The van der Waals surface area contributed by atoms with Gasteiger partial charge in [0.05, 0.1) is 18.4 Å². The summed E-state index contributed by atoms with van der Waals surface area (Å²) in [4.78, 5) is 11.3. The number of phenols is 1. The molecule has 1 N–H and O–H groups in total.